The van der Waals surface area contributed by atoms with Gasteiger partial charge in [0, 0.05) is 9.79 Å². The van der Waals surface area contributed by atoms with Crippen molar-refractivity contribution in [3.8, 4) is 0 Å². The lowest BCUT2D eigenvalue weighted by atomic mass is 10.1. The minimum absolute atomic E-state index is 0.188. The molecule has 0 aromatic heterocycles. The monoisotopic (exact) mass is 287 g/mol. The summed E-state index contributed by atoms with van der Waals surface area (Å²) in [5, 5.41) is 0. The topological polar surface area (TPSA) is 26.0 Å². The van der Waals surface area contributed by atoms with Gasteiger partial charge in [-0.3, -0.25) is 0 Å². The highest BCUT2D eigenvalue weighted by Crippen LogP contribution is 2.34. The van der Waals surface area contributed by atoms with Crippen LogP contribution in [0.15, 0.2) is 46.2 Å². The van der Waals surface area contributed by atoms with Crippen molar-refractivity contribution in [1.82, 2.24) is 0 Å². The van der Waals surface area contributed by atoms with Gasteiger partial charge in [-0.1, -0.05) is 17.8 Å². The Balaban J connectivity index is 1.87. The molecule has 20 heavy (non-hydrogen) atoms. The minimum atomic E-state index is -0.188. The number of fused-ring (bicyclic) bond motifs is 1. The predicted molar refractivity (Wildman–Crippen MR) is 81.7 cm³/mol. The first-order chi connectivity index (χ1) is 9.76. The number of aryl methyl sites for hydroxylation is 2. The van der Waals surface area contributed by atoms with E-state index in [-0.39, 0.29) is 5.82 Å². The quantitative estimate of drug-likeness (QED) is 0.921. The molecule has 0 radical (unpaired) electrons. The SMILES string of the molecule is NCCc1cc(F)ccc1Sc1ccc2c(c1)CCC2. The van der Waals surface area contributed by atoms with Gasteiger partial charge in [0.15, 0.2) is 0 Å². The number of nitrogens with two attached hydrogens (primary N) is 1. The van der Waals surface area contributed by atoms with Crippen LogP contribution in [0.2, 0.25) is 0 Å². The lowest BCUT2D eigenvalue weighted by molar-refractivity contribution is 0.623. The second kappa shape index (κ2) is 5.98. The molecular formula is C17H18FNS. The molecule has 104 valence electrons. The van der Waals surface area contributed by atoms with Gasteiger partial charge in [0.25, 0.3) is 0 Å². The molecule has 0 amide bonds. The fraction of sp³-hybridized carbons (Fsp3) is 0.294. The van der Waals surface area contributed by atoms with Gasteiger partial charge >= 0.3 is 0 Å². The first-order valence-electron chi connectivity index (χ1n) is 7.04. The van der Waals surface area contributed by atoms with Crippen molar-refractivity contribution in [3.63, 3.8) is 0 Å². The molecule has 2 N–H and O–H groups in total. The highest BCUT2D eigenvalue weighted by molar-refractivity contribution is 7.99. The molecule has 0 unspecified atom stereocenters. The number of halogens is 1. The van der Waals surface area contributed by atoms with E-state index >= 15 is 0 Å². The standard InChI is InChI=1S/C17H18FNS/c18-15-5-7-17(14(10-15)8-9-19)20-16-6-4-12-2-1-3-13(12)11-16/h4-7,10-11H,1-3,8-9,19H2. The van der Waals surface area contributed by atoms with Gasteiger partial charge in [-0.15, -0.1) is 0 Å². The molecule has 2 aromatic rings. The second-order valence-electron chi connectivity index (χ2n) is 5.18. The fourth-order valence-electron chi connectivity index (χ4n) is 2.74. The van der Waals surface area contributed by atoms with Crippen molar-refractivity contribution in [2.75, 3.05) is 6.54 Å². The molecule has 0 heterocycles. The van der Waals surface area contributed by atoms with Crippen LogP contribution in [-0.2, 0) is 19.3 Å². The van der Waals surface area contributed by atoms with Crippen molar-refractivity contribution in [3.05, 3.63) is 58.9 Å². The zero-order chi connectivity index (χ0) is 13.9. The van der Waals surface area contributed by atoms with Gasteiger partial charge in [-0.25, -0.2) is 4.39 Å². The molecule has 0 bridgehead atoms. The number of hydrogen-bond acceptors (Lipinski definition) is 2. The van der Waals surface area contributed by atoms with Gasteiger partial charge in [0.2, 0.25) is 0 Å². The summed E-state index contributed by atoms with van der Waals surface area (Å²) in [6.07, 6.45) is 4.36. The van der Waals surface area contributed by atoms with Gasteiger partial charge in [-0.2, -0.15) is 0 Å². The van der Waals surface area contributed by atoms with Crippen molar-refractivity contribution in [2.45, 2.75) is 35.5 Å². The smallest absolute Gasteiger partial charge is 0.123 e. The summed E-state index contributed by atoms with van der Waals surface area (Å²) in [6.45, 7) is 0.543. The van der Waals surface area contributed by atoms with Gasteiger partial charge < -0.3 is 5.73 Å². The predicted octanol–water partition coefficient (Wildman–Crippen LogP) is 3.97. The van der Waals surface area contributed by atoms with Crippen molar-refractivity contribution in [1.29, 1.82) is 0 Å². The average Bonchev–Trinajstić information content (AvgIpc) is 2.89. The Bertz CT molecular complexity index is 624. The Morgan fingerprint density at radius 1 is 1.05 bits per heavy atom. The van der Waals surface area contributed by atoms with E-state index in [4.69, 9.17) is 5.73 Å². The molecule has 0 spiro atoms. The summed E-state index contributed by atoms with van der Waals surface area (Å²) in [5.41, 5.74) is 9.57. The van der Waals surface area contributed by atoms with Gasteiger partial charge in [0.1, 0.15) is 5.82 Å². The van der Waals surface area contributed by atoms with Crippen LogP contribution in [-0.4, -0.2) is 6.54 Å². The molecule has 0 saturated carbocycles. The Kier molecular flexibility index (Phi) is 4.08. The van der Waals surface area contributed by atoms with Gasteiger partial charge in [-0.05, 0) is 79.3 Å². The highest BCUT2D eigenvalue weighted by atomic mass is 32.2. The van der Waals surface area contributed by atoms with E-state index < -0.39 is 0 Å². The largest absolute Gasteiger partial charge is 0.330 e. The number of rotatable bonds is 4. The summed E-state index contributed by atoms with van der Waals surface area (Å²) in [7, 11) is 0. The Morgan fingerprint density at radius 3 is 2.75 bits per heavy atom. The first kappa shape index (κ1) is 13.7. The van der Waals surface area contributed by atoms with Crippen LogP contribution in [0, 0.1) is 5.82 Å². The Labute approximate surface area is 123 Å². The maximum Gasteiger partial charge on any atom is 0.123 e. The molecule has 1 aliphatic rings. The Hall–Kier alpha value is -1.32. The molecule has 1 nitrogen and oxygen atoms in total. The molecule has 0 fully saturated rings. The van der Waals surface area contributed by atoms with Crippen molar-refractivity contribution < 1.29 is 4.39 Å². The van der Waals surface area contributed by atoms with Gasteiger partial charge in [0.05, 0.1) is 0 Å². The minimum Gasteiger partial charge on any atom is -0.330 e. The van der Waals surface area contributed by atoms with E-state index in [2.05, 4.69) is 18.2 Å². The fourth-order valence-corrected chi connectivity index (χ4v) is 3.76. The number of hydrogen-bond donors (Lipinski definition) is 1. The molecule has 3 heteroatoms. The van der Waals surface area contributed by atoms with E-state index in [1.165, 1.54) is 41.4 Å². The summed E-state index contributed by atoms with van der Waals surface area (Å²) >= 11 is 1.71. The first-order valence-corrected chi connectivity index (χ1v) is 7.86. The van der Waals surface area contributed by atoms with Crippen LogP contribution in [0.5, 0.6) is 0 Å². The van der Waals surface area contributed by atoms with Crippen molar-refractivity contribution in [2.24, 2.45) is 5.73 Å². The lowest BCUT2D eigenvalue weighted by Crippen LogP contribution is -2.04. The van der Waals surface area contributed by atoms with Crippen molar-refractivity contribution >= 4 is 11.8 Å². The molecule has 3 rings (SSSR count). The molecule has 0 saturated heterocycles. The third-order valence-electron chi connectivity index (χ3n) is 3.73. The average molecular weight is 287 g/mol. The number of benzene rings is 2. The third-order valence-corrected chi connectivity index (χ3v) is 4.84. The summed E-state index contributed by atoms with van der Waals surface area (Å²) < 4.78 is 13.3. The second-order valence-corrected chi connectivity index (χ2v) is 6.29. The van der Waals surface area contributed by atoms with Crippen LogP contribution in [0.25, 0.3) is 0 Å². The molecule has 0 atom stereocenters. The van der Waals surface area contributed by atoms with E-state index in [0.717, 1.165) is 10.5 Å². The maximum absolute atomic E-state index is 13.3. The third kappa shape index (κ3) is 2.89. The summed E-state index contributed by atoms with van der Waals surface area (Å²) in [5.74, 6) is -0.188. The molecule has 1 aliphatic carbocycles. The highest BCUT2D eigenvalue weighted by Gasteiger charge is 2.12. The van der Waals surface area contributed by atoms with E-state index in [1.807, 2.05) is 6.07 Å². The normalized spacial score (nSPS) is 13.5. The van der Waals surface area contributed by atoms with E-state index in [9.17, 15) is 4.39 Å². The lowest BCUT2D eigenvalue weighted by Gasteiger charge is -2.10. The van der Waals surface area contributed by atoms with Crippen LogP contribution < -0.4 is 5.73 Å². The van der Waals surface area contributed by atoms with E-state index in [0.29, 0.717) is 13.0 Å². The molecule has 0 aliphatic heterocycles. The van der Waals surface area contributed by atoms with Crippen LogP contribution in [0.3, 0.4) is 0 Å². The summed E-state index contributed by atoms with van der Waals surface area (Å²) in [6, 6.07) is 11.7. The zero-order valence-electron chi connectivity index (χ0n) is 11.4. The van der Waals surface area contributed by atoms with Crippen LogP contribution >= 0.6 is 11.8 Å². The molecule has 2 aromatic carbocycles. The van der Waals surface area contributed by atoms with Crippen LogP contribution in [0.4, 0.5) is 4.39 Å². The van der Waals surface area contributed by atoms with Crippen LogP contribution in [0.1, 0.15) is 23.1 Å². The summed E-state index contributed by atoms with van der Waals surface area (Å²) in [4.78, 5) is 2.34. The zero-order valence-corrected chi connectivity index (χ0v) is 12.2. The Morgan fingerprint density at radius 2 is 1.90 bits per heavy atom. The van der Waals surface area contributed by atoms with E-state index in [1.54, 1.807) is 17.8 Å². The maximum atomic E-state index is 13.3. The molecular weight excluding hydrogens is 269 g/mol.